The molecule has 0 saturated heterocycles. The third kappa shape index (κ3) is 5.22. The minimum absolute atomic E-state index is 0.175. The fourth-order valence-corrected chi connectivity index (χ4v) is 4.89. The molecule has 2 aromatic carbocycles. The van der Waals surface area contributed by atoms with Gasteiger partial charge >= 0.3 is 5.69 Å². The molecular formula is C31H26FN7O3. The van der Waals surface area contributed by atoms with Crippen molar-refractivity contribution >= 4 is 22.8 Å². The van der Waals surface area contributed by atoms with Gasteiger partial charge < -0.3 is 9.88 Å². The van der Waals surface area contributed by atoms with Crippen molar-refractivity contribution < 1.29 is 9.18 Å². The number of halogens is 1. The number of hydrogen-bond acceptors (Lipinski definition) is 6. The van der Waals surface area contributed by atoms with Crippen LogP contribution in [0.4, 0.5) is 10.1 Å². The van der Waals surface area contributed by atoms with Gasteiger partial charge in [-0.3, -0.25) is 18.7 Å². The maximum absolute atomic E-state index is 14.4. The van der Waals surface area contributed by atoms with Crippen LogP contribution in [0.25, 0.3) is 11.2 Å². The lowest BCUT2D eigenvalue weighted by molar-refractivity contribution is 0.0992. The number of nitrogens with zero attached hydrogens (tertiary/aromatic N) is 6. The van der Waals surface area contributed by atoms with Crippen LogP contribution in [0, 0.1) is 23.1 Å². The molecule has 0 spiro atoms. The Labute approximate surface area is 239 Å². The van der Waals surface area contributed by atoms with Crippen molar-refractivity contribution in [2.45, 2.75) is 32.4 Å². The van der Waals surface area contributed by atoms with E-state index in [1.165, 1.54) is 27.8 Å². The fraction of sp³-hybridized carbons (Fsp3) is 0.226. The number of rotatable bonds is 8. The van der Waals surface area contributed by atoms with E-state index < -0.39 is 17.1 Å². The summed E-state index contributed by atoms with van der Waals surface area (Å²) >= 11 is 0. The third-order valence-electron chi connectivity index (χ3n) is 7.46. The van der Waals surface area contributed by atoms with Crippen LogP contribution >= 0.6 is 0 Å². The number of aromatic nitrogens is 5. The Balaban J connectivity index is 1.27. The first-order valence-electron chi connectivity index (χ1n) is 13.5. The van der Waals surface area contributed by atoms with Crippen molar-refractivity contribution in [3.63, 3.8) is 0 Å². The van der Waals surface area contributed by atoms with E-state index in [1.54, 1.807) is 43.4 Å². The highest BCUT2D eigenvalue weighted by molar-refractivity contribution is 6.05. The molecule has 11 heteroatoms. The highest BCUT2D eigenvalue weighted by atomic mass is 19.1. The average molecular weight is 564 g/mol. The summed E-state index contributed by atoms with van der Waals surface area (Å²) in [5.41, 5.74) is 1.85. The Kier molecular flexibility index (Phi) is 6.96. The van der Waals surface area contributed by atoms with Crippen LogP contribution in [0.3, 0.4) is 0 Å². The second-order valence-corrected chi connectivity index (χ2v) is 10.5. The summed E-state index contributed by atoms with van der Waals surface area (Å²) in [6, 6.07) is 18.4. The van der Waals surface area contributed by atoms with Gasteiger partial charge in [0.2, 0.25) is 0 Å². The summed E-state index contributed by atoms with van der Waals surface area (Å²) in [7, 11) is 1.65. The molecule has 3 aromatic heterocycles. The molecular weight excluding hydrogens is 537 g/mol. The van der Waals surface area contributed by atoms with Gasteiger partial charge in [0.05, 0.1) is 12.1 Å². The van der Waals surface area contributed by atoms with E-state index in [0.29, 0.717) is 41.6 Å². The lowest BCUT2D eigenvalue weighted by Crippen LogP contribution is -2.40. The zero-order valence-electron chi connectivity index (χ0n) is 22.7. The lowest BCUT2D eigenvalue weighted by atomic mass is 10.1. The number of imidazole rings is 1. The van der Waals surface area contributed by atoms with Crippen LogP contribution in [0.2, 0.25) is 0 Å². The number of carbonyl (C=O) groups is 1. The largest absolute Gasteiger partial charge is 0.336 e. The van der Waals surface area contributed by atoms with E-state index in [0.717, 1.165) is 23.0 Å². The predicted molar refractivity (Wildman–Crippen MR) is 154 cm³/mol. The quantitative estimate of drug-likeness (QED) is 0.307. The van der Waals surface area contributed by atoms with E-state index in [2.05, 4.69) is 15.0 Å². The summed E-state index contributed by atoms with van der Waals surface area (Å²) in [5.74, 6) is 0.109. The van der Waals surface area contributed by atoms with Gasteiger partial charge in [-0.15, -0.1) is 0 Å². The minimum Gasteiger partial charge on any atom is -0.336 e. The summed E-state index contributed by atoms with van der Waals surface area (Å²) < 4.78 is 17.0. The molecule has 6 rings (SSSR count). The molecule has 1 aliphatic carbocycles. The molecule has 42 heavy (non-hydrogen) atoms. The number of nitriles is 1. The van der Waals surface area contributed by atoms with Gasteiger partial charge in [-0.2, -0.15) is 5.26 Å². The van der Waals surface area contributed by atoms with Crippen molar-refractivity contribution in [1.29, 1.82) is 5.26 Å². The van der Waals surface area contributed by atoms with Gasteiger partial charge in [-0.05, 0) is 54.7 Å². The van der Waals surface area contributed by atoms with Crippen molar-refractivity contribution in [2.75, 3.05) is 11.9 Å². The predicted octanol–water partition coefficient (Wildman–Crippen LogP) is 3.62. The molecule has 0 bridgehead atoms. The van der Waals surface area contributed by atoms with Crippen LogP contribution in [-0.2, 0) is 19.5 Å². The standard InChI is InChI=1S/C31H26FN7O3/c1-37(29(40)21-10-11-23(15-33)34-16-21)24-12-8-19(9-13-24)14-26-35-27-28(36-26)38(17-20-6-7-20)31(42)39(30(27)41)18-22-4-2-3-5-25(22)32/h2-5,8-13,16,20H,6-7,14,17-18H2,1H3,(H,35,36). The Hall–Kier alpha value is -5.37. The number of pyridine rings is 1. The molecule has 1 saturated carbocycles. The van der Waals surface area contributed by atoms with E-state index in [-0.39, 0.29) is 29.2 Å². The smallest absolute Gasteiger partial charge is 0.333 e. The van der Waals surface area contributed by atoms with Crippen LogP contribution in [0.5, 0.6) is 0 Å². The first-order chi connectivity index (χ1) is 20.3. The highest BCUT2D eigenvalue weighted by Gasteiger charge is 2.26. The van der Waals surface area contributed by atoms with Gasteiger partial charge in [0.15, 0.2) is 5.65 Å². The van der Waals surface area contributed by atoms with Crippen LogP contribution in [0.1, 0.15) is 45.8 Å². The number of fused-ring (bicyclic) bond motifs is 1. The van der Waals surface area contributed by atoms with E-state index in [1.807, 2.05) is 18.2 Å². The summed E-state index contributed by atoms with van der Waals surface area (Å²) in [5, 5.41) is 8.92. The number of nitrogens with one attached hydrogen (secondary N) is 1. The van der Waals surface area contributed by atoms with Crippen LogP contribution in [-0.4, -0.2) is 37.0 Å². The molecule has 5 aromatic rings. The Bertz CT molecular complexity index is 1960. The minimum atomic E-state index is -0.545. The average Bonchev–Trinajstić information content (AvgIpc) is 3.74. The number of anilines is 1. The molecule has 10 nitrogen and oxygen atoms in total. The first-order valence-corrected chi connectivity index (χ1v) is 13.5. The summed E-state index contributed by atoms with van der Waals surface area (Å²) in [4.78, 5) is 52.9. The number of hydrogen-bond donors (Lipinski definition) is 1. The van der Waals surface area contributed by atoms with Crippen molar-refractivity contribution in [3.05, 3.63) is 122 Å². The van der Waals surface area contributed by atoms with Crippen molar-refractivity contribution in [3.8, 4) is 6.07 Å². The summed E-state index contributed by atoms with van der Waals surface area (Å²) in [6.45, 7) is 0.270. The van der Waals surface area contributed by atoms with Crippen LogP contribution in [0.15, 0.2) is 76.4 Å². The van der Waals surface area contributed by atoms with Gasteiger partial charge in [0, 0.05) is 37.5 Å². The fourth-order valence-electron chi connectivity index (χ4n) is 4.89. The summed E-state index contributed by atoms with van der Waals surface area (Å²) in [6.07, 6.45) is 3.74. The number of amides is 1. The van der Waals surface area contributed by atoms with E-state index in [4.69, 9.17) is 5.26 Å². The number of carbonyl (C=O) groups excluding carboxylic acids is 1. The highest BCUT2D eigenvalue weighted by Crippen LogP contribution is 2.30. The van der Waals surface area contributed by atoms with E-state index in [9.17, 15) is 18.8 Å². The maximum atomic E-state index is 14.4. The molecule has 0 unspecified atom stereocenters. The van der Waals surface area contributed by atoms with Gasteiger partial charge in [-0.1, -0.05) is 30.3 Å². The van der Waals surface area contributed by atoms with Gasteiger partial charge in [0.1, 0.15) is 28.9 Å². The van der Waals surface area contributed by atoms with Gasteiger partial charge in [-0.25, -0.2) is 19.2 Å². The SMILES string of the molecule is CN(C(=O)c1ccc(C#N)nc1)c1ccc(Cc2nc3c([nH]2)c(=O)n(Cc2ccccc2F)c(=O)n3CC2CC2)cc1. The van der Waals surface area contributed by atoms with Crippen LogP contribution < -0.4 is 16.1 Å². The Morgan fingerprint density at radius 1 is 1.10 bits per heavy atom. The van der Waals surface area contributed by atoms with Crippen molar-refractivity contribution in [1.82, 2.24) is 24.1 Å². The zero-order chi connectivity index (χ0) is 29.4. The first kappa shape index (κ1) is 26.8. The lowest BCUT2D eigenvalue weighted by Gasteiger charge is -2.17. The molecule has 1 fully saturated rings. The molecule has 0 radical (unpaired) electrons. The molecule has 0 aliphatic heterocycles. The zero-order valence-corrected chi connectivity index (χ0v) is 22.7. The maximum Gasteiger partial charge on any atom is 0.333 e. The molecule has 1 amide bonds. The molecule has 210 valence electrons. The molecule has 0 atom stereocenters. The number of benzene rings is 2. The number of H-pyrrole nitrogens is 1. The molecule has 1 N–H and O–H groups in total. The topological polar surface area (TPSA) is 130 Å². The monoisotopic (exact) mass is 563 g/mol. The second kappa shape index (κ2) is 10.9. The third-order valence-corrected chi connectivity index (χ3v) is 7.46. The molecule has 3 heterocycles. The van der Waals surface area contributed by atoms with Crippen molar-refractivity contribution in [2.24, 2.45) is 5.92 Å². The Morgan fingerprint density at radius 3 is 2.52 bits per heavy atom. The normalized spacial score (nSPS) is 12.8. The molecule has 1 aliphatic rings. The Morgan fingerprint density at radius 2 is 1.86 bits per heavy atom. The van der Waals surface area contributed by atoms with Gasteiger partial charge in [0.25, 0.3) is 11.5 Å². The number of aromatic amines is 1. The second-order valence-electron chi connectivity index (χ2n) is 10.5. The van der Waals surface area contributed by atoms with E-state index >= 15 is 0 Å².